The number of aromatic nitrogens is 2. The molecule has 0 unspecified atom stereocenters. The number of hydrogen-bond donors (Lipinski definition) is 1. The lowest BCUT2D eigenvalue weighted by atomic mass is 10.3. The van der Waals surface area contributed by atoms with E-state index < -0.39 is 5.82 Å². The first-order valence-corrected chi connectivity index (χ1v) is 4.08. The van der Waals surface area contributed by atoms with Gasteiger partial charge in [-0.15, -0.1) is 0 Å². The molecule has 0 aromatic carbocycles. The van der Waals surface area contributed by atoms with Crippen molar-refractivity contribution < 1.29 is 9.23 Å². The van der Waals surface area contributed by atoms with Crippen LogP contribution in [0.1, 0.15) is 13.8 Å². The van der Waals surface area contributed by atoms with E-state index >= 15 is 0 Å². The Labute approximate surface area is 80.8 Å². The Morgan fingerprint density at radius 2 is 2.36 bits per heavy atom. The van der Waals surface area contributed by atoms with Crippen LogP contribution >= 0.6 is 0 Å². The molecule has 0 saturated carbocycles. The van der Waals surface area contributed by atoms with Crippen molar-refractivity contribution in [1.29, 1.82) is 0 Å². The van der Waals surface area contributed by atoms with Crippen molar-refractivity contribution in [3.8, 4) is 6.01 Å². The number of nitrogens with zero attached hydrogens (tertiary/aromatic N) is 3. The standard InChI is InChI=1S/C8H11FN4O/c1-5(2)3-12-14-8-11-4-6(9)7(10)13-8/h3-5H,1-2H3,(H2,10,11,13)/b12-3+. The topological polar surface area (TPSA) is 73.4 Å². The Bertz CT molecular complexity index is 340. The van der Waals surface area contributed by atoms with Crippen molar-refractivity contribution in [1.82, 2.24) is 9.97 Å². The SMILES string of the molecule is CC(C)/C=N/Oc1ncc(F)c(N)n1. The first-order chi connectivity index (χ1) is 6.59. The number of halogens is 1. The van der Waals surface area contributed by atoms with Gasteiger partial charge in [-0.1, -0.05) is 19.0 Å². The van der Waals surface area contributed by atoms with Gasteiger partial charge in [0.2, 0.25) is 0 Å². The van der Waals surface area contributed by atoms with E-state index in [0.717, 1.165) is 6.20 Å². The summed E-state index contributed by atoms with van der Waals surface area (Å²) in [5.74, 6) is -0.673. The van der Waals surface area contributed by atoms with Crippen molar-refractivity contribution in [2.45, 2.75) is 13.8 Å². The molecule has 0 atom stereocenters. The number of hydrogen-bond acceptors (Lipinski definition) is 5. The predicted octanol–water partition coefficient (Wildman–Crippen LogP) is 1.22. The molecular weight excluding hydrogens is 187 g/mol. The summed E-state index contributed by atoms with van der Waals surface area (Å²) in [6.45, 7) is 3.87. The second-order valence-electron chi connectivity index (χ2n) is 2.98. The highest BCUT2D eigenvalue weighted by atomic mass is 19.1. The lowest BCUT2D eigenvalue weighted by Crippen LogP contribution is -2.00. The monoisotopic (exact) mass is 198 g/mol. The number of nitrogen functional groups attached to an aromatic ring is 1. The highest BCUT2D eigenvalue weighted by Gasteiger charge is 2.03. The molecule has 1 aromatic heterocycles. The molecule has 1 aromatic rings. The minimum atomic E-state index is -0.676. The molecule has 76 valence electrons. The Morgan fingerprint density at radius 1 is 1.64 bits per heavy atom. The van der Waals surface area contributed by atoms with Crippen LogP contribution in [0.5, 0.6) is 6.01 Å². The Kier molecular flexibility index (Phi) is 3.33. The van der Waals surface area contributed by atoms with Crippen molar-refractivity contribution in [2.24, 2.45) is 11.1 Å². The number of nitrogens with two attached hydrogens (primary N) is 1. The van der Waals surface area contributed by atoms with E-state index in [4.69, 9.17) is 10.6 Å². The van der Waals surface area contributed by atoms with Gasteiger partial charge in [0.05, 0.1) is 6.20 Å². The molecule has 0 radical (unpaired) electrons. The van der Waals surface area contributed by atoms with Crippen LogP contribution in [0.25, 0.3) is 0 Å². The van der Waals surface area contributed by atoms with Gasteiger partial charge in [0, 0.05) is 6.21 Å². The Morgan fingerprint density at radius 3 is 2.93 bits per heavy atom. The second-order valence-corrected chi connectivity index (χ2v) is 2.98. The van der Waals surface area contributed by atoms with E-state index in [1.807, 2.05) is 13.8 Å². The highest BCUT2D eigenvalue weighted by molar-refractivity contribution is 5.58. The molecule has 0 aliphatic rings. The van der Waals surface area contributed by atoms with Crippen LogP contribution in [-0.2, 0) is 0 Å². The summed E-state index contributed by atoms with van der Waals surface area (Å²) in [6.07, 6.45) is 2.51. The van der Waals surface area contributed by atoms with Gasteiger partial charge in [-0.3, -0.25) is 0 Å². The summed E-state index contributed by atoms with van der Waals surface area (Å²) in [4.78, 5) is 11.8. The first-order valence-electron chi connectivity index (χ1n) is 4.08. The Balaban J connectivity index is 2.64. The molecule has 0 saturated heterocycles. The molecule has 0 fully saturated rings. The smallest absolute Gasteiger partial charge is 0.347 e. The minimum Gasteiger partial charge on any atom is -0.381 e. The van der Waals surface area contributed by atoms with E-state index in [1.54, 1.807) is 6.21 Å². The third-order valence-corrected chi connectivity index (χ3v) is 1.24. The van der Waals surface area contributed by atoms with E-state index in [2.05, 4.69) is 15.1 Å². The molecule has 6 heteroatoms. The molecule has 2 N–H and O–H groups in total. The average Bonchev–Trinajstić information content (AvgIpc) is 2.10. The normalized spacial score (nSPS) is 11.1. The van der Waals surface area contributed by atoms with Crippen LogP contribution in [0.3, 0.4) is 0 Å². The van der Waals surface area contributed by atoms with Crippen LogP contribution in [-0.4, -0.2) is 16.2 Å². The van der Waals surface area contributed by atoms with Crippen LogP contribution in [0.4, 0.5) is 10.2 Å². The van der Waals surface area contributed by atoms with Gasteiger partial charge in [0.15, 0.2) is 11.6 Å². The van der Waals surface area contributed by atoms with Crippen LogP contribution in [0, 0.1) is 11.7 Å². The van der Waals surface area contributed by atoms with E-state index in [0.29, 0.717) is 0 Å². The maximum absolute atomic E-state index is 12.6. The fraction of sp³-hybridized carbons (Fsp3) is 0.375. The van der Waals surface area contributed by atoms with Gasteiger partial charge in [0.1, 0.15) is 0 Å². The molecule has 5 nitrogen and oxygen atoms in total. The van der Waals surface area contributed by atoms with Crippen molar-refractivity contribution >= 4 is 12.0 Å². The van der Waals surface area contributed by atoms with Gasteiger partial charge < -0.3 is 10.6 Å². The fourth-order valence-electron chi connectivity index (χ4n) is 0.607. The Hall–Kier alpha value is -1.72. The highest BCUT2D eigenvalue weighted by Crippen LogP contribution is 2.09. The minimum absolute atomic E-state index is 0.0687. The summed E-state index contributed by atoms with van der Waals surface area (Å²) < 4.78 is 12.6. The van der Waals surface area contributed by atoms with Crippen LogP contribution in [0.15, 0.2) is 11.4 Å². The quantitative estimate of drug-likeness (QED) is 0.585. The molecule has 0 spiro atoms. The maximum atomic E-state index is 12.6. The fourth-order valence-corrected chi connectivity index (χ4v) is 0.607. The van der Waals surface area contributed by atoms with Gasteiger partial charge in [0.25, 0.3) is 0 Å². The average molecular weight is 198 g/mol. The van der Waals surface area contributed by atoms with E-state index in [9.17, 15) is 4.39 Å². The predicted molar refractivity (Wildman–Crippen MR) is 50.4 cm³/mol. The van der Waals surface area contributed by atoms with Gasteiger partial charge >= 0.3 is 6.01 Å². The largest absolute Gasteiger partial charge is 0.381 e. The van der Waals surface area contributed by atoms with E-state index in [-0.39, 0.29) is 17.7 Å². The summed E-state index contributed by atoms with van der Waals surface area (Å²) in [6, 6.07) is -0.0687. The molecule has 14 heavy (non-hydrogen) atoms. The van der Waals surface area contributed by atoms with Crippen molar-refractivity contribution in [2.75, 3.05) is 5.73 Å². The third-order valence-electron chi connectivity index (χ3n) is 1.24. The number of anilines is 1. The van der Waals surface area contributed by atoms with Crippen molar-refractivity contribution in [3.05, 3.63) is 12.0 Å². The zero-order valence-electron chi connectivity index (χ0n) is 7.94. The molecule has 0 amide bonds. The molecule has 1 heterocycles. The van der Waals surface area contributed by atoms with Gasteiger partial charge in [-0.2, -0.15) is 9.97 Å². The maximum Gasteiger partial charge on any atom is 0.347 e. The zero-order valence-corrected chi connectivity index (χ0v) is 7.94. The lowest BCUT2D eigenvalue weighted by molar-refractivity contribution is 0.311. The summed E-state index contributed by atoms with van der Waals surface area (Å²) in [7, 11) is 0. The van der Waals surface area contributed by atoms with Gasteiger partial charge in [-0.25, -0.2) is 4.39 Å². The van der Waals surface area contributed by atoms with Crippen LogP contribution < -0.4 is 10.6 Å². The zero-order chi connectivity index (χ0) is 10.6. The number of rotatable bonds is 3. The summed E-state index contributed by atoms with van der Waals surface area (Å²) in [5.41, 5.74) is 5.19. The van der Waals surface area contributed by atoms with Crippen LogP contribution in [0.2, 0.25) is 0 Å². The molecule has 0 aliphatic heterocycles. The lowest BCUT2D eigenvalue weighted by Gasteiger charge is -1.98. The molecule has 0 aliphatic carbocycles. The number of oxime groups is 1. The summed E-state index contributed by atoms with van der Waals surface area (Å²) >= 11 is 0. The second kappa shape index (κ2) is 4.50. The first kappa shape index (κ1) is 10.4. The third kappa shape index (κ3) is 2.96. The molecular formula is C8H11FN4O. The van der Waals surface area contributed by atoms with Crippen molar-refractivity contribution in [3.63, 3.8) is 0 Å². The molecule has 1 rings (SSSR count). The van der Waals surface area contributed by atoms with Gasteiger partial charge in [-0.05, 0) is 5.92 Å². The molecule has 0 bridgehead atoms. The van der Waals surface area contributed by atoms with E-state index in [1.165, 1.54) is 0 Å². The summed E-state index contributed by atoms with van der Waals surface area (Å²) in [5, 5.41) is 3.58.